The van der Waals surface area contributed by atoms with E-state index in [9.17, 15) is 9.59 Å². The number of nitrogens with zero attached hydrogens (tertiary/aromatic N) is 2. The van der Waals surface area contributed by atoms with E-state index in [1.165, 1.54) is 0 Å². The SMILES string of the molecule is Cc1cc(CSc2ccccc2C(=O)N2CCC(C(=O)Nc3ccc4c(c3)OCO4)CC2)on1. The van der Waals surface area contributed by atoms with E-state index < -0.39 is 0 Å². The Labute approximate surface area is 201 Å². The molecule has 2 aliphatic heterocycles. The fourth-order valence-electron chi connectivity index (χ4n) is 4.14. The maximum Gasteiger partial charge on any atom is 0.254 e. The van der Waals surface area contributed by atoms with Crippen LogP contribution in [0.15, 0.2) is 57.9 Å². The Morgan fingerprint density at radius 1 is 1.09 bits per heavy atom. The predicted molar refractivity (Wildman–Crippen MR) is 127 cm³/mol. The van der Waals surface area contributed by atoms with Crippen molar-refractivity contribution in [2.75, 3.05) is 25.2 Å². The third kappa shape index (κ3) is 4.89. The molecular formula is C25H25N3O5S. The molecule has 0 unspecified atom stereocenters. The number of fused-ring (bicyclic) bond motifs is 1. The fraction of sp³-hybridized carbons (Fsp3) is 0.320. The predicted octanol–water partition coefficient (Wildman–Crippen LogP) is 4.49. The summed E-state index contributed by atoms with van der Waals surface area (Å²) in [7, 11) is 0. The number of carbonyl (C=O) groups excluding carboxylic acids is 2. The van der Waals surface area contributed by atoms with Gasteiger partial charge in [0.25, 0.3) is 5.91 Å². The van der Waals surface area contributed by atoms with E-state index in [4.69, 9.17) is 14.0 Å². The molecule has 1 fully saturated rings. The Morgan fingerprint density at radius 3 is 2.68 bits per heavy atom. The van der Waals surface area contributed by atoms with Gasteiger partial charge in [-0.15, -0.1) is 11.8 Å². The van der Waals surface area contributed by atoms with Crippen LogP contribution in [0.4, 0.5) is 5.69 Å². The van der Waals surface area contributed by atoms with E-state index in [1.54, 1.807) is 30.0 Å². The number of aromatic nitrogens is 1. The topological polar surface area (TPSA) is 93.9 Å². The molecule has 176 valence electrons. The van der Waals surface area contributed by atoms with Crippen LogP contribution < -0.4 is 14.8 Å². The quantitative estimate of drug-likeness (QED) is 0.521. The first kappa shape index (κ1) is 22.3. The van der Waals surface area contributed by atoms with Crippen LogP contribution in [0.1, 0.15) is 34.7 Å². The first-order chi connectivity index (χ1) is 16.6. The van der Waals surface area contributed by atoms with Crippen molar-refractivity contribution in [3.63, 3.8) is 0 Å². The number of carbonyl (C=O) groups is 2. The number of nitrogens with one attached hydrogen (secondary N) is 1. The lowest BCUT2D eigenvalue weighted by atomic mass is 9.95. The van der Waals surface area contributed by atoms with Gasteiger partial charge < -0.3 is 24.2 Å². The van der Waals surface area contributed by atoms with Gasteiger partial charge in [0, 0.05) is 41.7 Å². The molecule has 5 rings (SSSR count). The molecule has 2 aliphatic rings. The zero-order valence-corrected chi connectivity index (χ0v) is 19.6. The molecule has 3 heterocycles. The summed E-state index contributed by atoms with van der Waals surface area (Å²) < 4.78 is 16.0. The highest BCUT2D eigenvalue weighted by molar-refractivity contribution is 7.98. The average Bonchev–Trinajstić information content (AvgIpc) is 3.51. The van der Waals surface area contributed by atoms with Gasteiger partial charge in [-0.05, 0) is 44.0 Å². The Balaban J connectivity index is 1.17. The van der Waals surface area contributed by atoms with Gasteiger partial charge in [-0.2, -0.15) is 0 Å². The zero-order valence-electron chi connectivity index (χ0n) is 18.8. The van der Waals surface area contributed by atoms with E-state index >= 15 is 0 Å². The highest BCUT2D eigenvalue weighted by Crippen LogP contribution is 2.35. The van der Waals surface area contributed by atoms with Gasteiger partial charge >= 0.3 is 0 Å². The van der Waals surface area contributed by atoms with E-state index in [-0.39, 0.29) is 24.5 Å². The number of rotatable bonds is 6. The Hall–Kier alpha value is -3.46. The number of hydrogen-bond acceptors (Lipinski definition) is 7. The summed E-state index contributed by atoms with van der Waals surface area (Å²) in [6.45, 7) is 3.16. The smallest absolute Gasteiger partial charge is 0.254 e. The fourth-order valence-corrected chi connectivity index (χ4v) is 5.06. The molecule has 2 aromatic carbocycles. The largest absolute Gasteiger partial charge is 0.454 e. The third-order valence-electron chi connectivity index (χ3n) is 5.96. The molecule has 3 aromatic rings. The molecule has 2 amide bonds. The zero-order chi connectivity index (χ0) is 23.5. The second-order valence-electron chi connectivity index (χ2n) is 8.34. The molecule has 1 saturated heterocycles. The summed E-state index contributed by atoms with van der Waals surface area (Å²) in [4.78, 5) is 28.8. The number of benzene rings is 2. The molecule has 1 N–H and O–H groups in total. The Bertz CT molecular complexity index is 1200. The Morgan fingerprint density at radius 2 is 1.88 bits per heavy atom. The standard InChI is InChI=1S/C25H25N3O5S/c1-16-12-19(33-27-16)14-34-23-5-3-2-4-20(23)25(30)28-10-8-17(9-11-28)24(29)26-18-6-7-21-22(13-18)32-15-31-21/h2-7,12-13,17H,8-11,14-15H2,1H3,(H,26,29). The first-order valence-electron chi connectivity index (χ1n) is 11.2. The lowest BCUT2D eigenvalue weighted by molar-refractivity contribution is -0.121. The van der Waals surface area contributed by atoms with Crippen LogP contribution in [0, 0.1) is 12.8 Å². The Kier molecular flexibility index (Phi) is 6.44. The number of likely N-dealkylation sites (tertiary alicyclic amines) is 1. The molecule has 9 heteroatoms. The van der Waals surface area contributed by atoms with E-state index in [1.807, 2.05) is 42.2 Å². The molecule has 0 saturated carbocycles. The average molecular weight is 480 g/mol. The number of piperidine rings is 1. The molecular weight excluding hydrogens is 454 g/mol. The van der Waals surface area contributed by atoms with Crippen molar-refractivity contribution in [1.82, 2.24) is 10.1 Å². The van der Waals surface area contributed by atoms with Crippen molar-refractivity contribution in [3.05, 3.63) is 65.5 Å². The highest BCUT2D eigenvalue weighted by Gasteiger charge is 2.29. The van der Waals surface area contributed by atoms with Gasteiger partial charge in [0.1, 0.15) is 5.76 Å². The lowest BCUT2D eigenvalue weighted by Crippen LogP contribution is -2.41. The molecule has 0 bridgehead atoms. The summed E-state index contributed by atoms with van der Waals surface area (Å²) in [5.41, 5.74) is 2.19. The van der Waals surface area contributed by atoms with E-state index in [0.717, 1.165) is 16.3 Å². The summed E-state index contributed by atoms with van der Waals surface area (Å²) in [5.74, 6) is 2.50. The second kappa shape index (κ2) is 9.80. The number of hydrogen-bond donors (Lipinski definition) is 1. The van der Waals surface area contributed by atoms with Gasteiger partial charge in [0.2, 0.25) is 12.7 Å². The van der Waals surface area contributed by atoms with Gasteiger partial charge in [-0.25, -0.2) is 0 Å². The summed E-state index contributed by atoms with van der Waals surface area (Å²) >= 11 is 1.56. The molecule has 0 spiro atoms. The molecule has 1 aromatic heterocycles. The number of ether oxygens (including phenoxy) is 2. The van der Waals surface area contributed by atoms with Crippen LogP contribution in [0.5, 0.6) is 11.5 Å². The van der Waals surface area contributed by atoms with Crippen molar-refractivity contribution < 1.29 is 23.6 Å². The van der Waals surface area contributed by atoms with Gasteiger partial charge in [-0.1, -0.05) is 17.3 Å². The number of thioether (sulfide) groups is 1. The molecule has 0 radical (unpaired) electrons. The third-order valence-corrected chi connectivity index (χ3v) is 7.05. The second-order valence-corrected chi connectivity index (χ2v) is 9.36. The number of amides is 2. The van der Waals surface area contributed by atoms with Crippen molar-refractivity contribution in [3.8, 4) is 11.5 Å². The van der Waals surface area contributed by atoms with Gasteiger partial charge in [0.15, 0.2) is 11.5 Å². The minimum absolute atomic E-state index is 0.00789. The van der Waals surface area contributed by atoms with Crippen molar-refractivity contribution in [2.45, 2.75) is 30.4 Å². The molecule has 8 nitrogen and oxygen atoms in total. The minimum atomic E-state index is -0.145. The van der Waals surface area contributed by atoms with Crippen molar-refractivity contribution >= 4 is 29.3 Å². The summed E-state index contributed by atoms with van der Waals surface area (Å²) in [6, 6.07) is 14.9. The van der Waals surface area contributed by atoms with Gasteiger partial charge in [0.05, 0.1) is 17.0 Å². The van der Waals surface area contributed by atoms with E-state index in [2.05, 4.69) is 10.5 Å². The molecule has 0 atom stereocenters. The maximum atomic E-state index is 13.3. The summed E-state index contributed by atoms with van der Waals surface area (Å²) in [5, 5.41) is 6.88. The lowest BCUT2D eigenvalue weighted by Gasteiger charge is -2.31. The van der Waals surface area contributed by atoms with Crippen LogP contribution in [-0.4, -0.2) is 41.8 Å². The normalized spacial score (nSPS) is 15.4. The molecule has 34 heavy (non-hydrogen) atoms. The summed E-state index contributed by atoms with van der Waals surface area (Å²) in [6.07, 6.45) is 1.24. The van der Waals surface area contributed by atoms with Gasteiger partial charge in [-0.3, -0.25) is 9.59 Å². The highest BCUT2D eigenvalue weighted by atomic mass is 32.2. The van der Waals surface area contributed by atoms with Crippen LogP contribution in [0.25, 0.3) is 0 Å². The van der Waals surface area contributed by atoms with Crippen LogP contribution in [0.3, 0.4) is 0 Å². The van der Waals surface area contributed by atoms with Crippen molar-refractivity contribution in [2.24, 2.45) is 5.92 Å². The molecule has 0 aliphatic carbocycles. The van der Waals surface area contributed by atoms with Crippen LogP contribution in [-0.2, 0) is 10.5 Å². The number of anilines is 1. The minimum Gasteiger partial charge on any atom is -0.454 e. The van der Waals surface area contributed by atoms with Crippen LogP contribution in [0.2, 0.25) is 0 Å². The number of aryl methyl sites for hydroxylation is 1. The monoisotopic (exact) mass is 479 g/mol. The first-order valence-corrected chi connectivity index (χ1v) is 12.2. The van der Waals surface area contributed by atoms with Crippen molar-refractivity contribution in [1.29, 1.82) is 0 Å². The van der Waals surface area contributed by atoms with Crippen LogP contribution >= 0.6 is 11.8 Å². The van der Waals surface area contributed by atoms with E-state index in [0.29, 0.717) is 54.4 Å². The maximum absolute atomic E-state index is 13.3.